The van der Waals surface area contributed by atoms with Gasteiger partial charge in [0.05, 0.1) is 47.3 Å². The molecule has 0 unspecified atom stereocenters. The van der Waals surface area contributed by atoms with E-state index >= 15 is 0 Å². The molecule has 5 aromatic rings. The molecular formula is C52H76FN5O6. The summed E-state index contributed by atoms with van der Waals surface area (Å²) in [5, 5.41) is 0. The van der Waals surface area contributed by atoms with E-state index in [9.17, 15) is 4.39 Å². The number of aromatic nitrogens is 5. The van der Waals surface area contributed by atoms with Crippen LogP contribution in [0, 0.1) is 12.7 Å². The molecule has 12 heteroatoms. The molecule has 352 valence electrons. The second-order valence-corrected chi connectivity index (χ2v) is 17.1. The highest BCUT2D eigenvalue weighted by Crippen LogP contribution is 2.42. The fourth-order valence-corrected chi connectivity index (χ4v) is 5.84. The largest absolute Gasteiger partial charge is 0.481 e. The van der Waals surface area contributed by atoms with Crippen LogP contribution in [0.4, 0.5) is 4.39 Å². The molecule has 1 aromatic carbocycles. The smallest absolute Gasteiger partial charge is 0.253 e. The Morgan fingerprint density at radius 2 is 1.00 bits per heavy atom. The maximum absolute atomic E-state index is 13.8. The molecule has 1 saturated carbocycles. The van der Waals surface area contributed by atoms with Gasteiger partial charge in [-0.15, -0.1) is 0 Å². The van der Waals surface area contributed by atoms with Crippen molar-refractivity contribution in [2.45, 2.75) is 138 Å². The van der Waals surface area contributed by atoms with Gasteiger partial charge in [0.1, 0.15) is 5.82 Å². The van der Waals surface area contributed by atoms with E-state index in [0.717, 1.165) is 41.1 Å². The Labute approximate surface area is 383 Å². The number of aryl methyl sites for hydroxylation is 1. The molecule has 0 aliphatic heterocycles. The van der Waals surface area contributed by atoms with Crippen molar-refractivity contribution in [3.8, 4) is 23.5 Å². The van der Waals surface area contributed by atoms with Gasteiger partial charge >= 0.3 is 0 Å². The van der Waals surface area contributed by atoms with Crippen molar-refractivity contribution in [2.24, 2.45) is 0 Å². The van der Waals surface area contributed by atoms with Crippen LogP contribution in [0.5, 0.6) is 23.5 Å². The van der Waals surface area contributed by atoms with Crippen molar-refractivity contribution in [2.75, 3.05) is 42.7 Å². The van der Waals surface area contributed by atoms with Crippen molar-refractivity contribution < 1.29 is 32.8 Å². The molecular weight excluding hydrogens is 810 g/mol. The summed E-state index contributed by atoms with van der Waals surface area (Å²) < 4.78 is 44.1. The first kappa shape index (κ1) is 54.9. The number of benzene rings is 1. The van der Waals surface area contributed by atoms with E-state index in [1.54, 1.807) is 35.5 Å². The van der Waals surface area contributed by atoms with E-state index < -0.39 is 0 Å². The van der Waals surface area contributed by atoms with Gasteiger partial charge in [-0.05, 0) is 78.3 Å². The van der Waals surface area contributed by atoms with Crippen LogP contribution in [0.3, 0.4) is 0 Å². The Bertz CT molecular complexity index is 2040. The molecule has 1 fully saturated rings. The summed E-state index contributed by atoms with van der Waals surface area (Å²) in [6.45, 7) is 24.4. The zero-order valence-electron chi connectivity index (χ0n) is 41.7. The van der Waals surface area contributed by atoms with E-state index in [-0.39, 0.29) is 23.5 Å². The Balaban J connectivity index is 0.000000277. The van der Waals surface area contributed by atoms with Crippen LogP contribution >= 0.6 is 0 Å². The third-order valence-electron chi connectivity index (χ3n) is 9.78. The van der Waals surface area contributed by atoms with Crippen molar-refractivity contribution in [1.29, 1.82) is 0 Å². The lowest BCUT2D eigenvalue weighted by Crippen LogP contribution is -2.06. The summed E-state index contributed by atoms with van der Waals surface area (Å²) in [6.07, 6.45) is 2.04. The predicted molar refractivity (Wildman–Crippen MR) is 256 cm³/mol. The number of rotatable bonds is 14. The van der Waals surface area contributed by atoms with Gasteiger partial charge in [0.25, 0.3) is 5.88 Å². The number of ether oxygens (including phenoxy) is 6. The van der Waals surface area contributed by atoms with Crippen LogP contribution in [-0.2, 0) is 22.7 Å². The van der Waals surface area contributed by atoms with Crippen LogP contribution in [0.25, 0.3) is 0 Å². The van der Waals surface area contributed by atoms with Gasteiger partial charge in [-0.2, -0.15) is 9.37 Å². The average molecular weight is 886 g/mol. The van der Waals surface area contributed by atoms with Crippen LogP contribution in [0.2, 0.25) is 0 Å². The highest BCUT2D eigenvalue weighted by molar-refractivity contribution is 5.28. The standard InChI is InChI=1S/C11H15FN2O.2C11H17NO2.C10H14.C9H13NO/c1-6(2)10-13-9(7-4-5-7)8(12)11(14-10)15-3;2*1-8(2)10-5-9(7-13-3)6-11(12-10)14-4;1-8(2)10-6-4-5-9(3)7-10;1-7(2)8-5-4-6-9(10-8)11-3/h6-7H,4-5H2,1-3H3;2*5-6,8H,7H2,1-4H3;4-8H,1-3H3;4-7H,1-3H3. The molecule has 0 atom stereocenters. The highest BCUT2D eigenvalue weighted by Gasteiger charge is 2.31. The maximum atomic E-state index is 13.8. The molecule has 0 radical (unpaired) electrons. The minimum Gasteiger partial charge on any atom is -0.481 e. The Morgan fingerprint density at radius 3 is 1.38 bits per heavy atom. The maximum Gasteiger partial charge on any atom is 0.253 e. The highest BCUT2D eigenvalue weighted by atomic mass is 19.1. The lowest BCUT2D eigenvalue weighted by Gasteiger charge is -2.10. The summed E-state index contributed by atoms with van der Waals surface area (Å²) in [4.78, 5) is 21.3. The number of pyridine rings is 3. The molecule has 6 rings (SSSR count). The monoisotopic (exact) mass is 886 g/mol. The van der Waals surface area contributed by atoms with E-state index in [1.165, 1.54) is 18.2 Å². The number of hydrogen-bond acceptors (Lipinski definition) is 11. The molecule has 0 amide bonds. The van der Waals surface area contributed by atoms with Gasteiger partial charge in [-0.1, -0.05) is 105 Å². The number of methoxy groups -OCH3 is 6. The molecule has 64 heavy (non-hydrogen) atoms. The minimum absolute atomic E-state index is 0.0793. The number of hydrogen-bond donors (Lipinski definition) is 0. The van der Waals surface area contributed by atoms with Gasteiger partial charge in [0, 0.05) is 61.3 Å². The van der Waals surface area contributed by atoms with Gasteiger partial charge in [0.15, 0.2) is 0 Å². The summed E-state index contributed by atoms with van der Waals surface area (Å²) in [5.74, 6) is 4.75. The summed E-state index contributed by atoms with van der Waals surface area (Å²) in [5.41, 5.74) is 8.67. The van der Waals surface area contributed by atoms with E-state index in [4.69, 9.17) is 28.4 Å². The van der Waals surface area contributed by atoms with Crippen molar-refractivity contribution >= 4 is 0 Å². The Morgan fingerprint density at radius 1 is 0.516 bits per heavy atom. The van der Waals surface area contributed by atoms with E-state index in [1.807, 2.05) is 44.2 Å². The van der Waals surface area contributed by atoms with E-state index in [2.05, 4.69) is 124 Å². The zero-order chi connectivity index (χ0) is 47.9. The second kappa shape index (κ2) is 28.6. The lowest BCUT2D eigenvalue weighted by molar-refractivity contribution is 0.184. The van der Waals surface area contributed by atoms with Crippen LogP contribution < -0.4 is 18.9 Å². The summed E-state index contributed by atoms with van der Waals surface area (Å²) in [7, 11) is 9.69. The quantitative estimate of drug-likeness (QED) is 0.106. The first-order valence-corrected chi connectivity index (χ1v) is 22.2. The van der Waals surface area contributed by atoms with Gasteiger partial charge < -0.3 is 28.4 Å². The molecule has 0 spiro atoms. The first-order valence-electron chi connectivity index (χ1n) is 22.2. The predicted octanol–water partition coefficient (Wildman–Crippen LogP) is 12.7. The van der Waals surface area contributed by atoms with Gasteiger partial charge in [-0.3, -0.25) is 0 Å². The molecule has 11 nitrogen and oxygen atoms in total. The van der Waals surface area contributed by atoms with Crippen LogP contribution in [-0.4, -0.2) is 67.6 Å². The fourth-order valence-electron chi connectivity index (χ4n) is 5.84. The molecule has 0 bridgehead atoms. The SMILES string of the molecule is COCc1cc(OC)nc(C(C)C)c1.COCc1cc(OC)nc(C(C)C)c1.COc1cccc(C(C)C)n1.COc1nc(C(C)C)nc(C2CC2)c1F.Cc1cccc(C(C)C)c1. The van der Waals surface area contributed by atoms with Crippen molar-refractivity contribution in [3.05, 3.63) is 123 Å². The third kappa shape index (κ3) is 19.3. The average Bonchev–Trinajstić information content (AvgIpc) is 4.13. The molecule has 0 saturated heterocycles. The topological polar surface area (TPSA) is 120 Å². The zero-order valence-corrected chi connectivity index (χ0v) is 41.7. The fraction of sp³-hybridized carbons (Fsp3) is 0.519. The molecule has 4 aromatic heterocycles. The Hall–Kier alpha value is -5.20. The molecule has 1 aliphatic rings. The Kier molecular flexibility index (Phi) is 24.5. The normalized spacial score (nSPS) is 11.7. The molecule has 4 heterocycles. The van der Waals surface area contributed by atoms with Crippen LogP contribution in [0.1, 0.15) is 168 Å². The van der Waals surface area contributed by atoms with Crippen molar-refractivity contribution in [3.63, 3.8) is 0 Å². The van der Waals surface area contributed by atoms with E-state index in [0.29, 0.717) is 66.0 Å². The first-order chi connectivity index (χ1) is 30.4. The second-order valence-electron chi connectivity index (χ2n) is 17.1. The van der Waals surface area contributed by atoms with Crippen LogP contribution in [0.15, 0.2) is 66.7 Å². The lowest BCUT2D eigenvalue weighted by atomic mass is 10.0. The van der Waals surface area contributed by atoms with Gasteiger partial charge in [-0.25, -0.2) is 19.9 Å². The molecule has 0 N–H and O–H groups in total. The number of halogens is 1. The van der Waals surface area contributed by atoms with Gasteiger partial charge in [0.2, 0.25) is 23.5 Å². The third-order valence-corrected chi connectivity index (χ3v) is 9.78. The number of nitrogens with zero attached hydrogens (tertiary/aromatic N) is 5. The summed E-state index contributed by atoms with van der Waals surface area (Å²) in [6, 6.07) is 22.4. The molecule has 1 aliphatic carbocycles. The summed E-state index contributed by atoms with van der Waals surface area (Å²) >= 11 is 0. The minimum atomic E-state index is -0.385. The van der Waals surface area contributed by atoms with Crippen molar-refractivity contribution in [1.82, 2.24) is 24.9 Å².